The Bertz CT molecular complexity index is 330. The molecule has 0 spiro atoms. The van der Waals surface area contributed by atoms with E-state index >= 15 is 0 Å². The Morgan fingerprint density at radius 2 is 2.12 bits per heavy atom. The molecule has 0 saturated heterocycles. The Hall–Kier alpha value is -1.08. The van der Waals surface area contributed by atoms with Crippen LogP contribution in [0.5, 0.6) is 0 Å². The summed E-state index contributed by atoms with van der Waals surface area (Å²) in [5.74, 6) is 0. The van der Waals surface area contributed by atoms with Crippen LogP contribution < -0.4 is 5.32 Å². The molecule has 1 N–H and O–H groups in total. The lowest BCUT2D eigenvalue weighted by atomic mass is 10.1. The zero-order valence-corrected chi connectivity index (χ0v) is 11.2. The van der Waals surface area contributed by atoms with E-state index in [1.807, 2.05) is 6.08 Å². The van der Waals surface area contributed by atoms with E-state index in [9.17, 15) is 0 Å². The molecule has 0 heterocycles. The van der Waals surface area contributed by atoms with Crippen molar-refractivity contribution < 1.29 is 0 Å². The average molecular weight is 231 g/mol. The number of nitrogens with one attached hydrogen (secondary N) is 1. The van der Waals surface area contributed by atoms with Gasteiger partial charge in [-0.1, -0.05) is 42.3 Å². The van der Waals surface area contributed by atoms with Gasteiger partial charge in [0.2, 0.25) is 0 Å². The first-order chi connectivity index (χ1) is 8.24. The summed E-state index contributed by atoms with van der Waals surface area (Å²) in [5.41, 5.74) is 2.72. The van der Waals surface area contributed by atoms with Crippen molar-refractivity contribution in [1.29, 1.82) is 0 Å². The molecule has 0 fully saturated rings. The zero-order chi connectivity index (χ0) is 12.5. The van der Waals surface area contributed by atoms with E-state index in [4.69, 9.17) is 0 Å². The minimum atomic E-state index is 0.453. The van der Waals surface area contributed by atoms with E-state index < -0.39 is 0 Å². The molecule has 1 nitrogen and oxygen atoms in total. The smallest absolute Gasteiger partial charge is 0.0291 e. The van der Waals surface area contributed by atoms with Crippen LogP contribution in [0.4, 0.5) is 0 Å². The highest BCUT2D eigenvalue weighted by Gasteiger charge is 2.03. The van der Waals surface area contributed by atoms with Crippen molar-refractivity contribution in [1.82, 2.24) is 5.32 Å². The summed E-state index contributed by atoms with van der Waals surface area (Å²) in [6.45, 7) is 9.22. The number of allylic oxidation sites excluding steroid dienone is 1. The largest absolute Gasteiger partial charge is 0.310 e. The minimum Gasteiger partial charge on any atom is -0.310 e. The van der Waals surface area contributed by atoms with E-state index in [1.54, 1.807) is 0 Å². The van der Waals surface area contributed by atoms with Crippen LogP contribution >= 0.6 is 0 Å². The predicted octanol–water partition coefficient (Wildman–Crippen LogP) is 4.39. The normalized spacial score (nSPS) is 12.4. The highest BCUT2D eigenvalue weighted by atomic mass is 14.9. The second kappa shape index (κ2) is 8.08. The van der Waals surface area contributed by atoms with Gasteiger partial charge in [-0.3, -0.25) is 0 Å². The summed E-state index contributed by atoms with van der Waals surface area (Å²) in [6, 6.07) is 9.19. The fourth-order valence-electron chi connectivity index (χ4n) is 1.97. The van der Waals surface area contributed by atoms with Gasteiger partial charge in [-0.05, 0) is 45.2 Å². The van der Waals surface area contributed by atoms with E-state index in [0.29, 0.717) is 6.04 Å². The van der Waals surface area contributed by atoms with Crippen LogP contribution in [-0.4, -0.2) is 6.54 Å². The maximum Gasteiger partial charge on any atom is 0.0291 e. The van der Waals surface area contributed by atoms with Crippen LogP contribution in [0.15, 0.2) is 36.9 Å². The van der Waals surface area contributed by atoms with E-state index in [2.05, 4.69) is 50.0 Å². The molecule has 0 aliphatic heterocycles. The SMILES string of the molecule is C=CCCCCCN[C@H](C)c1cccc(C)c1. The molecule has 1 aromatic rings. The van der Waals surface area contributed by atoms with Crippen LogP contribution in [0, 0.1) is 6.92 Å². The number of benzene rings is 1. The Morgan fingerprint density at radius 1 is 1.29 bits per heavy atom. The number of unbranched alkanes of at least 4 members (excludes halogenated alkanes) is 3. The van der Waals surface area contributed by atoms with Gasteiger partial charge in [-0.25, -0.2) is 0 Å². The molecule has 0 bridgehead atoms. The number of hydrogen-bond acceptors (Lipinski definition) is 1. The van der Waals surface area contributed by atoms with Gasteiger partial charge >= 0.3 is 0 Å². The van der Waals surface area contributed by atoms with Crippen molar-refractivity contribution >= 4 is 0 Å². The molecule has 1 heteroatoms. The molecule has 0 unspecified atom stereocenters. The summed E-state index contributed by atoms with van der Waals surface area (Å²) < 4.78 is 0. The van der Waals surface area contributed by atoms with Gasteiger partial charge in [0.25, 0.3) is 0 Å². The first-order valence-electron chi connectivity index (χ1n) is 6.65. The summed E-state index contributed by atoms with van der Waals surface area (Å²) in [4.78, 5) is 0. The van der Waals surface area contributed by atoms with Crippen molar-refractivity contribution in [2.24, 2.45) is 0 Å². The van der Waals surface area contributed by atoms with Crippen LogP contribution in [0.3, 0.4) is 0 Å². The Morgan fingerprint density at radius 3 is 2.82 bits per heavy atom. The maximum absolute atomic E-state index is 3.74. The van der Waals surface area contributed by atoms with Gasteiger partial charge in [-0.2, -0.15) is 0 Å². The van der Waals surface area contributed by atoms with Crippen LogP contribution in [-0.2, 0) is 0 Å². The molecule has 0 amide bonds. The topological polar surface area (TPSA) is 12.0 Å². The summed E-state index contributed by atoms with van der Waals surface area (Å²) in [6.07, 6.45) is 6.96. The highest BCUT2D eigenvalue weighted by Crippen LogP contribution is 2.13. The molecule has 1 rings (SSSR count). The molecule has 17 heavy (non-hydrogen) atoms. The molecule has 0 radical (unpaired) electrons. The second-order valence-electron chi connectivity index (χ2n) is 4.73. The van der Waals surface area contributed by atoms with Gasteiger partial charge < -0.3 is 5.32 Å². The summed E-state index contributed by atoms with van der Waals surface area (Å²) >= 11 is 0. The molecule has 0 aliphatic rings. The first-order valence-corrected chi connectivity index (χ1v) is 6.65. The summed E-state index contributed by atoms with van der Waals surface area (Å²) in [5, 5.41) is 3.58. The zero-order valence-electron chi connectivity index (χ0n) is 11.2. The third-order valence-corrected chi connectivity index (χ3v) is 3.08. The van der Waals surface area contributed by atoms with E-state index in [-0.39, 0.29) is 0 Å². The second-order valence-corrected chi connectivity index (χ2v) is 4.73. The monoisotopic (exact) mass is 231 g/mol. The molecular weight excluding hydrogens is 206 g/mol. The minimum absolute atomic E-state index is 0.453. The lowest BCUT2D eigenvalue weighted by Gasteiger charge is -2.14. The van der Waals surface area contributed by atoms with Gasteiger partial charge in [-0.15, -0.1) is 6.58 Å². The van der Waals surface area contributed by atoms with Crippen molar-refractivity contribution in [3.63, 3.8) is 0 Å². The quantitative estimate of drug-likeness (QED) is 0.517. The molecule has 0 aromatic heterocycles. The molecule has 0 saturated carbocycles. The van der Waals surface area contributed by atoms with Crippen molar-refractivity contribution in [3.05, 3.63) is 48.0 Å². The van der Waals surface area contributed by atoms with Crippen molar-refractivity contribution in [2.75, 3.05) is 6.54 Å². The van der Waals surface area contributed by atoms with E-state index in [1.165, 1.54) is 30.4 Å². The molecule has 94 valence electrons. The van der Waals surface area contributed by atoms with Gasteiger partial charge in [0.1, 0.15) is 0 Å². The van der Waals surface area contributed by atoms with Crippen molar-refractivity contribution in [2.45, 2.75) is 45.6 Å². The molecular formula is C16H25N. The molecule has 1 atom stereocenters. The molecule has 0 aliphatic carbocycles. The van der Waals surface area contributed by atoms with Gasteiger partial charge in [0.15, 0.2) is 0 Å². The standard InChI is InChI=1S/C16H25N/c1-4-5-6-7-8-12-17-15(3)16-11-9-10-14(2)13-16/h4,9-11,13,15,17H,1,5-8,12H2,2-3H3/t15-/m1/s1. The fourth-order valence-corrected chi connectivity index (χ4v) is 1.97. The third kappa shape index (κ3) is 5.69. The fraction of sp³-hybridized carbons (Fsp3) is 0.500. The Balaban J connectivity index is 2.21. The lowest BCUT2D eigenvalue weighted by molar-refractivity contribution is 0.539. The maximum atomic E-state index is 3.74. The highest BCUT2D eigenvalue weighted by molar-refractivity contribution is 5.24. The third-order valence-electron chi connectivity index (χ3n) is 3.08. The Labute approximate surface area is 106 Å². The van der Waals surface area contributed by atoms with Crippen LogP contribution in [0.2, 0.25) is 0 Å². The first kappa shape index (κ1) is 14.0. The summed E-state index contributed by atoms with van der Waals surface area (Å²) in [7, 11) is 0. The van der Waals surface area contributed by atoms with Gasteiger partial charge in [0.05, 0.1) is 0 Å². The average Bonchev–Trinajstić information content (AvgIpc) is 2.33. The lowest BCUT2D eigenvalue weighted by Crippen LogP contribution is -2.19. The number of rotatable bonds is 8. The molecule has 1 aromatic carbocycles. The number of aryl methyl sites for hydroxylation is 1. The van der Waals surface area contributed by atoms with Gasteiger partial charge in [0, 0.05) is 6.04 Å². The van der Waals surface area contributed by atoms with E-state index in [0.717, 1.165) is 13.0 Å². The van der Waals surface area contributed by atoms with Crippen LogP contribution in [0.25, 0.3) is 0 Å². The van der Waals surface area contributed by atoms with Crippen molar-refractivity contribution in [3.8, 4) is 0 Å². The van der Waals surface area contributed by atoms with Crippen LogP contribution in [0.1, 0.15) is 49.8 Å². The number of hydrogen-bond donors (Lipinski definition) is 1. The Kier molecular flexibility index (Phi) is 6.64. The predicted molar refractivity (Wildman–Crippen MR) is 76.3 cm³/mol.